The van der Waals surface area contributed by atoms with E-state index in [-0.39, 0.29) is 6.03 Å². The highest BCUT2D eigenvalue weighted by molar-refractivity contribution is 5.73. The number of benzene rings is 2. The largest absolute Gasteiger partial charge is 0.492 e. The number of carbonyl (C=O) groups excluding carboxylic acids is 1. The van der Waals surface area contributed by atoms with E-state index in [2.05, 4.69) is 31.3 Å². The molecular weight excluding hydrogens is 300 g/mol. The number of carbonyl (C=O) groups is 1. The summed E-state index contributed by atoms with van der Waals surface area (Å²) in [7, 11) is 1.79. The fourth-order valence-corrected chi connectivity index (χ4v) is 2.34. The molecule has 24 heavy (non-hydrogen) atoms. The van der Waals surface area contributed by atoms with E-state index in [9.17, 15) is 4.79 Å². The Labute approximate surface area is 144 Å². The van der Waals surface area contributed by atoms with Gasteiger partial charge < -0.3 is 15.0 Å². The predicted octanol–water partition coefficient (Wildman–Crippen LogP) is 4.03. The van der Waals surface area contributed by atoms with Gasteiger partial charge in [0.2, 0.25) is 0 Å². The average Bonchev–Trinajstić information content (AvgIpc) is 2.59. The van der Waals surface area contributed by atoms with Crippen LogP contribution in [0.15, 0.2) is 54.6 Å². The fraction of sp³-hybridized carbons (Fsp3) is 0.350. The van der Waals surface area contributed by atoms with Gasteiger partial charge >= 0.3 is 6.03 Å². The van der Waals surface area contributed by atoms with Crippen LogP contribution < -0.4 is 10.1 Å². The molecule has 0 unspecified atom stereocenters. The van der Waals surface area contributed by atoms with Crippen LogP contribution in [0.2, 0.25) is 0 Å². The minimum Gasteiger partial charge on any atom is -0.492 e. The molecule has 0 aromatic heterocycles. The van der Waals surface area contributed by atoms with E-state index in [0.717, 1.165) is 11.3 Å². The van der Waals surface area contributed by atoms with Crippen LogP contribution in [0.3, 0.4) is 0 Å². The molecule has 0 atom stereocenters. The van der Waals surface area contributed by atoms with Crippen molar-refractivity contribution in [3.05, 3.63) is 65.7 Å². The maximum atomic E-state index is 12.0. The molecule has 2 aromatic carbocycles. The highest BCUT2D eigenvalue weighted by Crippen LogP contribution is 2.18. The van der Waals surface area contributed by atoms with Gasteiger partial charge in [0.15, 0.2) is 0 Å². The second kappa shape index (κ2) is 8.96. The van der Waals surface area contributed by atoms with E-state index >= 15 is 0 Å². The van der Waals surface area contributed by atoms with Crippen LogP contribution >= 0.6 is 0 Å². The summed E-state index contributed by atoms with van der Waals surface area (Å²) in [5.74, 6) is 1.34. The number of ether oxygens (including phenoxy) is 1. The lowest BCUT2D eigenvalue weighted by molar-refractivity contribution is 0.203. The van der Waals surface area contributed by atoms with E-state index in [1.807, 2.05) is 42.5 Å². The number of nitrogens with one attached hydrogen (secondary N) is 1. The van der Waals surface area contributed by atoms with Gasteiger partial charge in [-0.2, -0.15) is 0 Å². The van der Waals surface area contributed by atoms with Crippen LogP contribution in [-0.4, -0.2) is 31.1 Å². The molecule has 0 aliphatic carbocycles. The highest BCUT2D eigenvalue weighted by atomic mass is 16.5. The molecule has 0 aliphatic heterocycles. The molecule has 1 N–H and O–H groups in total. The number of urea groups is 1. The summed E-state index contributed by atoms with van der Waals surface area (Å²) in [6.45, 7) is 5.84. The zero-order chi connectivity index (χ0) is 17.4. The van der Waals surface area contributed by atoms with Gasteiger partial charge in [-0.25, -0.2) is 4.79 Å². The van der Waals surface area contributed by atoms with E-state index in [1.54, 1.807) is 11.9 Å². The number of nitrogens with zero attached hydrogens (tertiary/aromatic N) is 1. The van der Waals surface area contributed by atoms with Crippen molar-refractivity contribution >= 4 is 6.03 Å². The number of hydrogen-bond acceptors (Lipinski definition) is 2. The van der Waals surface area contributed by atoms with E-state index < -0.39 is 0 Å². The first-order valence-electron chi connectivity index (χ1n) is 8.32. The number of amides is 2. The zero-order valence-corrected chi connectivity index (χ0v) is 14.7. The van der Waals surface area contributed by atoms with Crippen molar-refractivity contribution in [2.75, 3.05) is 20.2 Å². The molecule has 0 bridgehead atoms. The van der Waals surface area contributed by atoms with Crippen LogP contribution in [0.25, 0.3) is 0 Å². The first-order chi connectivity index (χ1) is 11.6. The van der Waals surface area contributed by atoms with Crippen molar-refractivity contribution in [1.29, 1.82) is 0 Å². The van der Waals surface area contributed by atoms with Gasteiger partial charge in [-0.3, -0.25) is 0 Å². The van der Waals surface area contributed by atoms with Crippen molar-refractivity contribution < 1.29 is 9.53 Å². The quantitative estimate of drug-likeness (QED) is 0.781. The van der Waals surface area contributed by atoms with E-state index in [4.69, 9.17) is 4.74 Å². The lowest BCUT2D eigenvalue weighted by Crippen LogP contribution is -2.38. The van der Waals surface area contributed by atoms with Gasteiger partial charge in [-0.15, -0.1) is 0 Å². The standard InChI is InChI=1S/C20H26N2O2/c1-16(2)18-9-11-19(12-10-18)24-14-13-21-20(23)22(3)15-17-7-5-4-6-8-17/h4-12,16H,13-15H2,1-3H3,(H,21,23). The molecule has 0 heterocycles. The van der Waals surface area contributed by atoms with Crippen molar-refractivity contribution in [2.24, 2.45) is 0 Å². The van der Waals surface area contributed by atoms with Gasteiger partial charge in [-0.05, 0) is 29.2 Å². The van der Waals surface area contributed by atoms with Gasteiger partial charge in [0.25, 0.3) is 0 Å². The molecule has 0 spiro atoms. The number of hydrogen-bond donors (Lipinski definition) is 1. The Kier molecular flexibility index (Phi) is 6.67. The summed E-state index contributed by atoms with van der Waals surface area (Å²) in [5.41, 5.74) is 2.40. The minimum absolute atomic E-state index is 0.0994. The van der Waals surface area contributed by atoms with E-state index in [0.29, 0.717) is 25.6 Å². The SMILES string of the molecule is CC(C)c1ccc(OCCNC(=O)N(C)Cc2ccccc2)cc1. The molecular formula is C20H26N2O2. The lowest BCUT2D eigenvalue weighted by atomic mass is 10.0. The van der Waals surface area contributed by atoms with Gasteiger partial charge in [0.1, 0.15) is 12.4 Å². The first-order valence-corrected chi connectivity index (χ1v) is 8.32. The lowest BCUT2D eigenvalue weighted by Gasteiger charge is -2.18. The molecule has 4 heteroatoms. The Morgan fingerprint density at radius 2 is 1.75 bits per heavy atom. The van der Waals surface area contributed by atoms with Gasteiger partial charge in [-0.1, -0.05) is 56.3 Å². The Balaban J connectivity index is 1.68. The minimum atomic E-state index is -0.0994. The Morgan fingerprint density at radius 3 is 2.38 bits per heavy atom. The maximum absolute atomic E-state index is 12.0. The van der Waals surface area contributed by atoms with Crippen molar-refractivity contribution in [3.63, 3.8) is 0 Å². The van der Waals surface area contributed by atoms with Crippen LogP contribution in [-0.2, 0) is 6.54 Å². The highest BCUT2D eigenvalue weighted by Gasteiger charge is 2.08. The van der Waals surface area contributed by atoms with Crippen LogP contribution in [0, 0.1) is 0 Å². The summed E-state index contributed by atoms with van der Waals surface area (Å²) >= 11 is 0. The second-order valence-corrected chi connectivity index (χ2v) is 6.15. The Bertz CT molecular complexity index is 624. The zero-order valence-electron chi connectivity index (χ0n) is 14.7. The number of rotatable bonds is 7. The van der Waals surface area contributed by atoms with Crippen molar-refractivity contribution in [2.45, 2.75) is 26.3 Å². The second-order valence-electron chi connectivity index (χ2n) is 6.15. The summed E-state index contributed by atoms with van der Waals surface area (Å²) < 4.78 is 5.66. The van der Waals surface area contributed by atoms with Crippen LogP contribution in [0.4, 0.5) is 4.79 Å². The van der Waals surface area contributed by atoms with Crippen molar-refractivity contribution in [1.82, 2.24) is 10.2 Å². The van der Waals surface area contributed by atoms with E-state index in [1.165, 1.54) is 5.56 Å². The molecule has 4 nitrogen and oxygen atoms in total. The monoisotopic (exact) mass is 326 g/mol. The molecule has 2 aromatic rings. The molecule has 0 fully saturated rings. The smallest absolute Gasteiger partial charge is 0.317 e. The third-order valence-corrected chi connectivity index (χ3v) is 3.80. The normalized spacial score (nSPS) is 10.5. The topological polar surface area (TPSA) is 41.6 Å². The predicted molar refractivity (Wildman–Crippen MR) is 97.3 cm³/mol. The summed E-state index contributed by atoms with van der Waals surface area (Å²) in [6, 6.07) is 17.9. The molecule has 0 aliphatic rings. The molecule has 0 saturated heterocycles. The van der Waals surface area contributed by atoms with Crippen molar-refractivity contribution in [3.8, 4) is 5.75 Å². The van der Waals surface area contributed by atoms with Crippen LogP contribution in [0.5, 0.6) is 5.75 Å². The Hall–Kier alpha value is -2.49. The van der Waals surface area contributed by atoms with Gasteiger partial charge in [0.05, 0.1) is 6.54 Å². The molecule has 2 rings (SSSR count). The third kappa shape index (κ3) is 5.61. The maximum Gasteiger partial charge on any atom is 0.317 e. The molecule has 128 valence electrons. The molecule has 0 radical (unpaired) electrons. The fourth-order valence-electron chi connectivity index (χ4n) is 2.34. The average molecular weight is 326 g/mol. The first kappa shape index (κ1) is 17.9. The van der Waals surface area contributed by atoms with Gasteiger partial charge in [0, 0.05) is 13.6 Å². The molecule has 0 saturated carbocycles. The summed E-state index contributed by atoms with van der Waals surface area (Å²) in [4.78, 5) is 13.7. The summed E-state index contributed by atoms with van der Waals surface area (Å²) in [5, 5.41) is 2.86. The summed E-state index contributed by atoms with van der Waals surface area (Å²) in [6.07, 6.45) is 0. The third-order valence-electron chi connectivity index (χ3n) is 3.80. The molecule has 2 amide bonds. The Morgan fingerprint density at radius 1 is 1.08 bits per heavy atom. The van der Waals surface area contributed by atoms with Crippen LogP contribution in [0.1, 0.15) is 30.9 Å².